The molecule has 4 nitrogen and oxygen atoms in total. The van der Waals surface area contributed by atoms with Crippen LogP contribution in [0.1, 0.15) is 13.8 Å². The highest BCUT2D eigenvalue weighted by molar-refractivity contribution is 6.30. The maximum absolute atomic E-state index is 12.0. The Hall–Kier alpha value is -1.55. The van der Waals surface area contributed by atoms with Crippen LogP contribution in [-0.4, -0.2) is 17.0 Å². The Morgan fingerprint density at radius 3 is 2.22 bits per heavy atom. The van der Waals surface area contributed by atoms with Gasteiger partial charge in [0.15, 0.2) is 0 Å². The lowest BCUT2D eigenvalue weighted by molar-refractivity contribution is -0.140. The summed E-state index contributed by atoms with van der Waals surface area (Å²) in [7, 11) is 0. The lowest BCUT2D eigenvalue weighted by Crippen LogP contribution is -2.17. The van der Waals surface area contributed by atoms with E-state index in [0.29, 0.717) is 10.7 Å². The molecule has 2 rings (SSSR count). The predicted octanol–water partition coefficient (Wildman–Crippen LogP) is 2.64. The Balaban J connectivity index is 2.06. The summed E-state index contributed by atoms with van der Waals surface area (Å²) >= 11 is 5.74. The van der Waals surface area contributed by atoms with E-state index in [1.54, 1.807) is 38.1 Å². The first-order valence-corrected chi connectivity index (χ1v) is 6.01. The number of carbonyl (C=O) groups is 2. The molecule has 0 heterocycles. The molecule has 2 atom stereocenters. The Labute approximate surface area is 110 Å². The number of nitrogens with one attached hydrogen (secondary N) is 1. The van der Waals surface area contributed by atoms with Gasteiger partial charge in [-0.05, 0) is 29.7 Å². The number of rotatable bonds is 3. The second-order valence-electron chi connectivity index (χ2n) is 5.11. The minimum Gasteiger partial charge on any atom is -0.481 e. The van der Waals surface area contributed by atoms with Crippen molar-refractivity contribution in [2.45, 2.75) is 13.8 Å². The van der Waals surface area contributed by atoms with Crippen LogP contribution in [0.4, 0.5) is 5.69 Å². The molecule has 18 heavy (non-hydrogen) atoms. The van der Waals surface area contributed by atoms with Crippen molar-refractivity contribution in [3.8, 4) is 0 Å². The number of aliphatic carboxylic acids is 1. The first-order chi connectivity index (χ1) is 8.34. The van der Waals surface area contributed by atoms with E-state index in [-0.39, 0.29) is 5.91 Å². The molecule has 0 unspecified atom stereocenters. The van der Waals surface area contributed by atoms with Crippen molar-refractivity contribution in [2.75, 3.05) is 5.32 Å². The number of carbonyl (C=O) groups excluding carboxylic acids is 1. The first-order valence-electron chi connectivity index (χ1n) is 5.63. The summed E-state index contributed by atoms with van der Waals surface area (Å²) in [4.78, 5) is 23.0. The van der Waals surface area contributed by atoms with Gasteiger partial charge in [-0.3, -0.25) is 9.59 Å². The van der Waals surface area contributed by atoms with Crippen molar-refractivity contribution < 1.29 is 14.7 Å². The minimum atomic E-state index is -0.920. The van der Waals surface area contributed by atoms with Crippen molar-refractivity contribution >= 4 is 29.2 Å². The molecule has 96 valence electrons. The van der Waals surface area contributed by atoms with Crippen LogP contribution < -0.4 is 5.32 Å². The highest BCUT2D eigenvalue weighted by Crippen LogP contribution is 2.58. The zero-order valence-electron chi connectivity index (χ0n) is 10.1. The molecule has 1 aromatic rings. The van der Waals surface area contributed by atoms with Gasteiger partial charge in [0.2, 0.25) is 5.91 Å². The van der Waals surface area contributed by atoms with Gasteiger partial charge in [-0.25, -0.2) is 0 Å². The van der Waals surface area contributed by atoms with Gasteiger partial charge in [0.1, 0.15) is 0 Å². The molecule has 1 saturated carbocycles. The van der Waals surface area contributed by atoms with Gasteiger partial charge >= 0.3 is 5.97 Å². The Bertz CT molecular complexity index is 495. The van der Waals surface area contributed by atoms with Crippen LogP contribution in [0.5, 0.6) is 0 Å². The third kappa shape index (κ3) is 2.20. The third-order valence-electron chi connectivity index (χ3n) is 3.49. The van der Waals surface area contributed by atoms with Gasteiger partial charge in [-0.15, -0.1) is 0 Å². The van der Waals surface area contributed by atoms with Gasteiger partial charge in [0.05, 0.1) is 11.8 Å². The van der Waals surface area contributed by atoms with Crippen LogP contribution in [0.25, 0.3) is 0 Å². The number of carboxylic acid groups (broad SMARTS) is 1. The molecule has 1 aliphatic carbocycles. The average molecular weight is 268 g/mol. The highest BCUT2D eigenvalue weighted by Gasteiger charge is 2.65. The molecule has 2 N–H and O–H groups in total. The molecule has 0 spiro atoms. The molecule has 0 bridgehead atoms. The van der Waals surface area contributed by atoms with Gasteiger partial charge in [0.25, 0.3) is 0 Å². The monoisotopic (exact) mass is 267 g/mol. The number of hydrogen-bond donors (Lipinski definition) is 2. The Morgan fingerprint density at radius 1 is 1.22 bits per heavy atom. The zero-order valence-corrected chi connectivity index (χ0v) is 10.9. The summed E-state index contributed by atoms with van der Waals surface area (Å²) < 4.78 is 0. The van der Waals surface area contributed by atoms with Gasteiger partial charge in [-0.2, -0.15) is 0 Å². The molecule has 0 radical (unpaired) electrons. The summed E-state index contributed by atoms with van der Waals surface area (Å²) in [5.74, 6) is -2.26. The van der Waals surface area contributed by atoms with Crippen molar-refractivity contribution in [3.05, 3.63) is 29.3 Å². The molecule has 0 aromatic heterocycles. The fourth-order valence-corrected chi connectivity index (χ4v) is 2.47. The van der Waals surface area contributed by atoms with Crippen LogP contribution in [-0.2, 0) is 9.59 Å². The topological polar surface area (TPSA) is 66.4 Å². The molecule has 1 aliphatic rings. The van der Waals surface area contributed by atoms with Gasteiger partial charge < -0.3 is 10.4 Å². The largest absolute Gasteiger partial charge is 0.481 e. The van der Waals surface area contributed by atoms with E-state index in [9.17, 15) is 9.59 Å². The molecule has 1 amide bonds. The van der Waals surface area contributed by atoms with Crippen molar-refractivity contribution in [2.24, 2.45) is 17.3 Å². The normalized spacial score (nSPS) is 24.4. The first kappa shape index (κ1) is 12.9. The number of amides is 1. The fourth-order valence-electron chi connectivity index (χ4n) is 2.34. The molecule has 5 heteroatoms. The molecule has 0 aliphatic heterocycles. The smallest absolute Gasteiger partial charge is 0.307 e. The summed E-state index contributed by atoms with van der Waals surface area (Å²) in [6, 6.07) is 6.71. The average Bonchev–Trinajstić information content (AvgIpc) is 2.85. The van der Waals surface area contributed by atoms with Crippen LogP contribution in [0.3, 0.4) is 0 Å². The quantitative estimate of drug-likeness (QED) is 0.885. The van der Waals surface area contributed by atoms with E-state index in [0.717, 1.165) is 0 Å². The Morgan fingerprint density at radius 2 is 1.78 bits per heavy atom. The van der Waals surface area contributed by atoms with Crippen molar-refractivity contribution in [1.29, 1.82) is 0 Å². The number of benzene rings is 1. The molecular formula is C13H14ClNO3. The number of anilines is 1. The van der Waals surface area contributed by atoms with Crippen molar-refractivity contribution in [3.63, 3.8) is 0 Å². The van der Waals surface area contributed by atoms with E-state index in [1.165, 1.54) is 0 Å². The predicted molar refractivity (Wildman–Crippen MR) is 68.5 cm³/mol. The van der Waals surface area contributed by atoms with Crippen LogP contribution in [0.2, 0.25) is 5.02 Å². The summed E-state index contributed by atoms with van der Waals surface area (Å²) in [5, 5.41) is 12.3. The Kier molecular flexibility index (Phi) is 3.07. The molecule has 1 fully saturated rings. The van der Waals surface area contributed by atoms with Crippen LogP contribution in [0, 0.1) is 17.3 Å². The number of halogens is 1. The summed E-state index contributed by atoms with van der Waals surface area (Å²) in [6.45, 7) is 3.58. The van der Waals surface area contributed by atoms with Crippen molar-refractivity contribution in [1.82, 2.24) is 0 Å². The second-order valence-corrected chi connectivity index (χ2v) is 5.55. The van der Waals surface area contributed by atoms with Gasteiger partial charge in [-0.1, -0.05) is 25.4 Å². The maximum Gasteiger partial charge on any atom is 0.307 e. The van der Waals surface area contributed by atoms with Gasteiger partial charge in [0, 0.05) is 10.7 Å². The maximum atomic E-state index is 12.0. The summed E-state index contributed by atoms with van der Waals surface area (Å²) in [5.41, 5.74) is 0.138. The van der Waals surface area contributed by atoms with E-state index in [2.05, 4.69) is 5.32 Å². The van der Waals surface area contributed by atoms with E-state index >= 15 is 0 Å². The van der Waals surface area contributed by atoms with E-state index < -0.39 is 23.2 Å². The van der Waals surface area contributed by atoms with E-state index in [1.807, 2.05) is 0 Å². The third-order valence-corrected chi connectivity index (χ3v) is 3.74. The fraction of sp³-hybridized carbons (Fsp3) is 0.385. The molecular weight excluding hydrogens is 254 g/mol. The molecule has 0 saturated heterocycles. The number of hydrogen-bond acceptors (Lipinski definition) is 2. The second kappa shape index (κ2) is 4.28. The highest BCUT2D eigenvalue weighted by atomic mass is 35.5. The van der Waals surface area contributed by atoms with Crippen LogP contribution >= 0.6 is 11.6 Å². The number of carboxylic acids is 1. The lowest BCUT2D eigenvalue weighted by Gasteiger charge is -2.05. The minimum absolute atomic E-state index is 0.255. The zero-order chi connectivity index (χ0) is 13.5. The van der Waals surface area contributed by atoms with E-state index in [4.69, 9.17) is 16.7 Å². The standard InChI is InChI=1S/C13H14ClNO3/c1-13(2)9(10(13)12(17)18)11(16)15-8-5-3-7(14)4-6-8/h3-6,9-10H,1-2H3,(H,15,16)(H,17,18)/t9-,10+/m1/s1. The SMILES string of the molecule is CC1(C)[C@H](C(=O)O)[C@@H]1C(=O)Nc1ccc(Cl)cc1. The lowest BCUT2D eigenvalue weighted by atomic mass is 10.1. The summed E-state index contributed by atoms with van der Waals surface area (Å²) in [6.07, 6.45) is 0. The molecule has 1 aromatic carbocycles. The van der Waals surface area contributed by atoms with Crippen LogP contribution in [0.15, 0.2) is 24.3 Å².